The first-order valence-electron chi connectivity index (χ1n) is 11.3. The van der Waals surface area contributed by atoms with Crippen LogP contribution in [-0.4, -0.2) is 0 Å². The molecule has 0 unspecified atom stereocenters. The molecule has 1 fully saturated rings. The molecule has 1 saturated carbocycles. The van der Waals surface area contributed by atoms with Crippen molar-refractivity contribution in [1.82, 2.24) is 0 Å². The standard InChI is InChI=1S/C28H28F6/c1-15(2)23(29)24(30)16(3)5-7-20-12-14-22(28(34)26(20)32)19-10-8-18(9-11-19)21-13-6-17(4)25(31)27(21)33/h6,12-14,18-19H,1,3,5,7-11H2,2,4H3/b24-23-. The molecule has 0 bridgehead atoms. The van der Waals surface area contributed by atoms with Crippen molar-refractivity contribution < 1.29 is 26.3 Å². The lowest BCUT2D eigenvalue weighted by Crippen LogP contribution is -2.15. The van der Waals surface area contributed by atoms with Crippen LogP contribution in [0.1, 0.15) is 73.1 Å². The van der Waals surface area contributed by atoms with Crippen LogP contribution < -0.4 is 0 Å². The summed E-state index contributed by atoms with van der Waals surface area (Å²) >= 11 is 0. The van der Waals surface area contributed by atoms with Gasteiger partial charge in [-0.05, 0) is 97.6 Å². The van der Waals surface area contributed by atoms with E-state index in [4.69, 9.17) is 0 Å². The lowest BCUT2D eigenvalue weighted by atomic mass is 9.75. The largest absolute Gasteiger partial charge is 0.203 e. The molecule has 0 spiro atoms. The van der Waals surface area contributed by atoms with Gasteiger partial charge >= 0.3 is 0 Å². The lowest BCUT2D eigenvalue weighted by Gasteiger charge is -2.30. The van der Waals surface area contributed by atoms with Gasteiger partial charge in [0.25, 0.3) is 0 Å². The molecule has 0 radical (unpaired) electrons. The molecule has 0 saturated heterocycles. The van der Waals surface area contributed by atoms with Gasteiger partial charge in [0.2, 0.25) is 0 Å². The molecule has 1 aliphatic rings. The third-order valence-electron chi connectivity index (χ3n) is 6.68. The molecular formula is C28H28F6. The first kappa shape index (κ1) is 25.9. The third kappa shape index (κ3) is 5.31. The fraction of sp³-hybridized carbons (Fsp3) is 0.357. The topological polar surface area (TPSA) is 0 Å². The van der Waals surface area contributed by atoms with Gasteiger partial charge in [-0.15, -0.1) is 0 Å². The van der Waals surface area contributed by atoms with E-state index in [0.717, 1.165) is 0 Å². The van der Waals surface area contributed by atoms with E-state index in [9.17, 15) is 26.3 Å². The SMILES string of the molecule is C=C(C)/C(F)=C(/F)C(=C)CCc1ccc(C2CCC(c3ccc(C)c(F)c3F)CC2)c(F)c1F. The van der Waals surface area contributed by atoms with Crippen LogP contribution in [0.5, 0.6) is 0 Å². The number of hydrogen-bond acceptors (Lipinski definition) is 0. The maximum atomic E-state index is 14.9. The molecule has 1 aliphatic carbocycles. The zero-order valence-corrected chi connectivity index (χ0v) is 19.4. The van der Waals surface area contributed by atoms with Crippen LogP contribution in [-0.2, 0) is 6.42 Å². The average Bonchev–Trinajstić information content (AvgIpc) is 2.82. The molecule has 34 heavy (non-hydrogen) atoms. The monoisotopic (exact) mass is 478 g/mol. The number of halogens is 6. The Morgan fingerprint density at radius 2 is 1.26 bits per heavy atom. The number of hydrogen-bond donors (Lipinski definition) is 0. The smallest absolute Gasteiger partial charge is 0.162 e. The first-order chi connectivity index (χ1) is 16.0. The second-order valence-corrected chi connectivity index (χ2v) is 9.10. The molecular weight excluding hydrogens is 450 g/mol. The molecule has 0 aliphatic heterocycles. The molecule has 0 amide bonds. The van der Waals surface area contributed by atoms with Crippen molar-refractivity contribution in [1.29, 1.82) is 0 Å². The van der Waals surface area contributed by atoms with Crippen LogP contribution in [0.25, 0.3) is 0 Å². The predicted octanol–water partition coefficient (Wildman–Crippen LogP) is 9.21. The van der Waals surface area contributed by atoms with Gasteiger partial charge in [-0.2, -0.15) is 0 Å². The Morgan fingerprint density at radius 1 is 0.765 bits per heavy atom. The van der Waals surface area contributed by atoms with Crippen LogP contribution >= 0.6 is 0 Å². The van der Waals surface area contributed by atoms with Crippen molar-refractivity contribution in [3.8, 4) is 0 Å². The molecule has 2 aromatic rings. The summed E-state index contributed by atoms with van der Waals surface area (Å²) in [5, 5.41) is 0. The van der Waals surface area contributed by atoms with E-state index in [0.29, 0.717) is 31.2 Å². The fourth-order valence-corrected chi connectivity index (χ4v) is 4.54. The summed E-state index contributed by atoms with van der Waals surface area (Å²) in [6, 6.07) is 6.13. The van der Waals surface area contributed by atoms with Crippen LogP contribution in [0.2, 0.25) is 0 Å². The maximum Gasteiger partial charge on any atom is 0.162 e. The Hall–Kier alpha value is -2.76. The summed E-state index contributed by atoms with van der Waals surface area (Å²) in [5.74, 6) is -6.29. The average molecular weight is 479 g/mol. The number of benzene rings is 2. The van der Waals surface area contributed by atoms with E-state index in [1.165, 1.54) is 26.0 Å². The zero-order chi connectivity index (χ0) is 25.2. The minimum atomic E-state index is -1.13. The first-order valence-corrected chi connectivity index (χ1v) is 11.3. The van der Waals surface area contributed by atoms with E-state index >= 15 is 0 Å². The Balaban J connectivity index is 1.68. The molecule has 3 rings (SSSR count). The quantitative estimate of drug-likeness (QED) is 0.275. The Kier molecular flexibility index (Phi) is 8.11. The number of rotatable bonds is 7. The highest BCUT2D eigenvalue weighted by Crippen LogP contribution is 2.42. The summed E-state index contributed by atoms with van der Waals surface area (Å²) < 4.78 is 85.6. The van der Waals surface area contributed by atoms with Gasteiger partial charge in [0, 0.05) is 0 Å². The molecule has 0 heterocycles. The highest BCUT2D eigenvalue weighted by atomic mass is 19.2. The van der Waals surface area contributed by atoms with Crippen LogP contribution in [0.15, 0.2) is 60.2 Å². The van der Waals surface area contributed by atoms with Crippen LogP contribution in [0.4, 0.5) is 26.3 Å². The third-order valence-corrected chi connectivity index (χ3v) is 6.68. The van der Waals surface area contributed by atoms with Crippen molar-refractivity contribution in [2.24, 2.45) is 0 Å². The van der Waals surface area contributed by atoms with Gasteiger partial charge in [0.1, 0.15) is 0 Å². The molecule has 0 N–H and O–H groups in total. The van der Waals surface area contributed by atoms with Crippen LogP contribution in [0.3, 0.4) is 0 Å². The fourth-order valence-electron chi connectivity index (χ4n) is 4.54. The van der Waals surface area contributed by atoms with Gasteiger partial charge in [-0.3, -0.25) is 0 Å². The van der Waals surface area contributed by atoms with Crippen LogP contribution in [0, 0.1) is 30.2 Å². The second-order valence-electron chi connectivity index (χ2n) is 9.10. The van der Waals surface area contributed by atoms with E-state index in [1.807, 2.05) is 0 Å². The van der Waals surface area contributed by atoms with Crippen molar-refractivity contribution in [2.45, 2.75) is 64.2 Å². The van der Waals surface area contributed by atoms with Gasteiger partial charge in [-0.25, -0.2) is 26.3 Å². The van der Waals surface area contributed by atoms with E-state index in [1.54, 1.807) is 12.1 Å². The molecule has 182 valence electrons. The molecule has 6 heteroatoms. The van der Waals surface area contributed by atoms with Crippen molar-refractivity contribution >= 4 is 0 Å². The number of allylic oxidation sites excluding steroid dienone is 4. The Labute approximate surface area is 196 Å². The highest BCUT2D eigenvalue weighted by molar-refractivity contribution is 5.36. The van der Waals surface area contributed by atoms with Gasteiger partial charge in [-0.1, -0.05) is 37.4 Å². The van der Waals surface area contributed by atoms with Gasteiger partial charge in [0.05, 0.1) is 0 Å². The number of aryl methyl sites for hydroxylation is 2. The zero-order valence-electron chi connectivity index (χ0n) is 19.4. The summed E-state index contributed by atoms with van der Waals surface area (Å²) in [6.07, 6.45) is 1.99. The minimum Gasteiger partial charge on any atom is -0.203 e. The summed E-state index contributed by atoms with van der Waals surface area (Å²) in [5.41, 5.74) is 0.641. The molecule has 0 atom stereocenters. The maximum absolute atomic E-state index is 14.9. The predicted molar refractivity (Wildman–Crippen MR) is 123 cm³/mol. The Bertz CT molecular complexity index is 1140. The van der Waals surface area contributed by atoms with E-state index < -0.39 is 34.9 Å². The van der Waals surface area contributed by atoms with Gasteiger partial charge < -0.3 is 0 Å². The molecule has 2 aromatic carbocycles. The summed E-state index contributed by atoms with van der Waals surface area (Å²) in [6.45, 7) is 9.64. The molecule has 0 nitrogen and oxygen atoms in total. The van der Waals surface area contributed by atoms with Crippen molar-refractivity contribution in [3.05, 3.63) is 106 Å². The van der Waals surface area contributed by atoms with E-state index in [-0.39, 0.29) is 52.5 Å². The van der Waals surface area contributed by atoms with Crippen molar-refractivity contribution in [3.63, 3.8) is 0 Å². The Morgan fingerprint density at radius 3 is 1.79 bits per heavy atom. The van der Waals surface area contributed by atoms with Crippen molar-refractivity contribution in [2.75, 3.05) is 0 Å². The lowest BCUT2D eigenvalue weighted by molar-refractivity contribution is 0.369. The summed E-state index contributed by atoms with van der Waals surface area (Å²) in [7, 11) is 0. The normalized spacial score (nSPS) is 19.1. The van der Waals surface area contributed by atoms with Gasteiger partial charge in [0.15, 0.2) is 34.9 Å². The molecule has 0 aromatic heterocycles. The summed E-state index contributed by atoms with van der Waals surface area (Å²) in [4.78, 5) is 0. The minimum absolute atomic E-state index is 0.0379. The highest BCUT2D eigenvalue weighted by Gasteiger charge is 2.29. The second kappa shape index (κ2) is 10.7. The van der Waals surface area contributed by atoms with E-state index in [2.05, 4.69) is 13.2 Å².